The monoisotopic (exact) mass is 413 g/mol. The molecular formula is C13H11ClF3N3OS3. The molecule has 1 aromatic heterocycles. The summed E-state index contributed by atoms with van der Waals surface area (Å²) in [5.74, 6) is 0.461. The minimum atomic E-state index is -4.58. The number of anilines is 1. The number of nitrogens with zero attached hydrogens (tertiary/aromatic N) is 2. The summed E-state index contributed by atoms with van der Waals surface area (Å²) in [4.78, 5) is 11.9. The average Bonchev–Trinajstić information content (AvgIpc) is 2.94. The second-order valence-electron chi connectivity index (χ2n) is 4.30. The normalized spacial score (nSPS) is 11.5. The Hall–Kier alpha value is -0.970. The molecule has 4 nitrogen and oxygen atoms in total. The van der Waals surface area contributed by atoms with Gasteiger partial charge in [0.05, 0.1) is 16.3 Å². The molecule has 1 aromatic carbocycles. The smallest absolute Gasteiger partial charge is 0.325 e. The second-order valence-corrected chi connectivity index (χ2v) is 8.41. The highest BCUT2D eigenvalue weighted by Crippen LogP contribution is 2.36. The van der Waals surface area contributed by atoms with Crippen LogP contribution < -0.4 is 5.32 Å². The molecule has 0 radical (unpaired) electrons. The highest BCUT2D eigenvalue weighted by molar-refractivity contribution is 8.03. The van der Waals surface area contributed by atoms with E-state index in [1.165, 1.54) is 29.2 Å². The standard InChI is InChI=1S/C13H11ClF3N3OS3/c1-2-22-11-19-20-12(24-11)23-6-10(21)18-7-3-4-9(14)8(5-7)13(15,16)17/h3-5H,2,6H2,1H3,(H,18,21). The van der Waals surface area contributed by atoms with Crippen LogP contribution in [0.2, 0.25) is 5.02 Å². The quantitative estimate of drug-likeness (QED) is 0.671. The molecule has 0 aliphatic heterocycles. The van der Waals surface area contributed by atoms with Crippen molar-refractivity contribution >= 4 is 58.1 Å². The molecule has 1 heterocycles. The molecule has 11 heteroatoms. The Kier molecular flexibility index (Phi) is 6.79. The molecule has 2 aromatic rings. The Morgan fingerprint density at radius 3 is 2.58 bits per heavy atom. The number of hydrogen-bond donors (Lipinski definition) is 1. The van der Waals surface area contributed by atoms with Crippen LogP contribution in [-0.4, -0.2) is 27.6 Å². The second kappa shape index (κ2) is 8.41. The number of carbonyl (C=O) groups excluding carboxylic acids is 1. The fourth-order valence-corrected chi connectivity index (χ4v) is 4.52. The maximum Gasteiger partial charge on any atom is 0.417 e. The van der Waals surface area contributed by atoms with Gasteiger partial charge in [0.25, 0.3) is 0 Å². The van der Waals surface area contributed by atoms with E-state index in [1.807, 2.05) is 6.92 Å². The van der Waals surface area contributed by atoms with Crippen molar-refractivity contribution in [2.45, 2.75) is 21.8 Å². The van der Waals surface area contributed by atoms with Crippen molar-refractivity contribution < 1.29 is 18.0 Å². The van der Waals surface area contributed by atoms with Gasteiger partial charge in [0.15, 0.2) is 8.68 Å². The van der Waals surface area contributed by atoms with Gasteiger partial charge in [-0.2, -0.15) is 13.2 Å². The van der Waals surface area contributed by atoms with Crippen LogP contribution in [0.15, 0.2) is 26.9 Å². The molecule has 0 atom stereocenters. The van der Waals surface area contributed by atoms with Gasteiger partial charge in [-0.3, -0.25) is 4.79 Å². The Morgan fingerprint density at radius 2 is 1.96 bits per heavy atom. The van der Waals surface area contributed by atoms with Crippen LogP contribution in [0.4, 0.5) is 18.9 Å². The zero-order valence-corrected chi connectivity index (χ0v) is 15.4. The van der Waals surface area contributed by atoms with E-state index in [1.54, 1.807) is 11.8 Å². The van der Waals surface area contributed by atoms with Crippen molar-refractivity contribution in [1.82, 2.24) is 10.2 Å². The van der Waals surface area contributed by atoms with E-state index in [0.717, 1.165) is 22.2 Å². The maximum atomic E-state index is 12.8. The van der Waals surface area contributed by atoms with Crippen LogP contribution in [0.1, 0.15) is 12.5 Å². The summed E-state index contributed by atoms with van der Waals surface area (Å²) in [6.07, 6.45) is -4.58. The predicted octanol–water partition coefficient (Wildman–Crippen LogP) is 5.05. The van der Waals surface area contributed by atoms with Crippen molar-refractivity contribution in [3.05, 3.63) is 28.8 Å². The molecule has 0 spiro atoms. The van der Waals surface area contributed by atoms with E-state index >= 15 is 0 Å². The summed E-state index contributed by atoms with van der Waals surface area (Å²) in [5.41, 5.74) is -0.947. The molecule has 0 saturated carbocycles. The highest BCUT2D eigenvalue weighted by Gasteiger charge is 2.33. The third-order valence-corrected chi connectivity index (χ3v) is 5.94. The molecule has 0 bridgehead atoms. The minimum Gasteiger partial charge on any atom is -0.325 e. The fourth-order valence-electron chi connectivity index (χ4n) is 1.58. The first kappa shape index (κ1) is 19.4. The van der Waals surface area contributed by atoms with Crippen molar-refractivity contribution in [1.29, 1.82) is 0 Å². The number of hydrogen-bond acceptors (Lipinski definition) is 6. The molecule has 0 fully saturated rings. The van der Waals surface area contributed by atoms with E-state index in [2.05, 4.69) is 15.5 Å². The highest BCUT2D eigenvalue weighted by atomic mass is 35.5. The third-order valence-electron chi connectivity index (χ3n) is 2.54. The van der Waals surface area contributed by atoms with Gasteiger partial charge >= 0.3 is 6.18 Å². The van der Waals surface area contributed by atoms with Crippen LogP contribution in [0.5, 0.6) is 0 Å². The zero-order valence-electron chi connectivity index (χ0n) is 12.2. The number of benzene rings is 1. The van der Waals surface area contributed by atoms with E-state index in [-0.39, 0.29) is 11.4 Å². The largest absolute Gasteiger partial charge is 0.417 e. The number of thioether (sulfide) groups is 2. The number of nitrogens with one attached hydrogen (secondary N) is 1. The van der Waals surface area contributed by atoms with E-state index in [9.17, 15) is 18.0 Å². The molecule has 0 saturated heterocycles. The molecule has 0 aliphatic carbocycles. The molecule has 0 aliphatic rings. The Labute approximate surface area is 153 Å². The molecule has 1 amide bonds. The molecule has 2 rings (SSSR count). The summed E-state index contributed by atoms with van der Waals surface area (Å²) < 4.78 is 39.8. The Morgan fingerprint density at radius 1 is 1.29 bits per heavy atom. The van der Waals surface area contributed by atoms with Gasteiger partial charge in [0.2, 0.25) is 5.91 Å². The number of alkyl halides is 3. The minimum absolute atomic E-state index is 0.0232. The SMILES string of the molecule is CCSc1nnc(SCC(=O)Nc2ccc(Cl)c(C(F)(F)F)c2)s1. The fraction of sp³-hybridized carbons (Fsp3) is 0.308. The number of amides is 1. The van der Waals surface area contributed by atoms with Gasteiger partial charge in [-0.25, -0.2) is 0 Å². The lowest BCUT2D eigenvalue weighted by Gasteiger charge is -2.11. The Bertz CT molecular complexity index is 724. The van der Waals surface area contributed by atoms with E-state index in [4.69, 9.17) is 11.6 Å². The summed E-state index contributed by atoms with van der Waals surface area (Å²) in [7, 11) is 0. The van der Waals surface area contributed by atoms with Gasteiger partial charge < -0.3 is 5.32 Å². The van der Waals surface area contributed by atoms with Crippen LogP contribution in [0.3, 0.4) is 0 Å². The average molecular weight is 414 g/mol. The number of aromatic nitrogens is 2. The summed E-state index contributed by atoms with van der Waals surface area (Å²) in [6, 6.07) is 3.24. The lowest BCUT2D eigenvalue weighted by atomic mass is 10.2. The topological polar surface area (TPSA) is 54.9 Å². The van der Waals surface area contributed by atoms with Crippen LogP contribution >= 0.6 is 46.5 Å². The van der Waals surface area contributed by atoms with Crippen LogP contribution in [-0.2, 0) is 11.0 Å². The van der Waals surface area contributed by atoms with Gasteiger partial charge in [0.1, 0.15) is 0 Å². The first-order chi connectivity index (χ1) is 11.3. The first-order valence-electron chi connectivity index (χ1n) is 6.55. The molecule has 0 unspecified atom stereocenters. The van der Waals surface area contributed by atoms with Crippen LogP contribution in [0, 0.1) is 0 Å². The maximum absolute atomic E-state index is 12.8. The lowest BCUT2D eigenvalue weighted by molar-refractivity contribution is -0.137. The summed E-state index contributed by atoms with van der Waals surface area (Å²) >= 11 is 9.63. The van der Waals surface area contributed by atoms with Gasteiger partial charge in [0, 0.05) is 5.69 Å². The molecular weight excluding hydrogens is 403 g/mol. The predicted molar refractivity (Wildman–Crippen MR) is 92.1 cm³/mol. The van der Waals surface area contributed by atoms with Crippen LogP contribution in [0.25, 0.3) is 0 Å². The van der Waals surface area contributed by atoms with Crippen molar-refractivity contribution in [3.8, 4) is 0 Å². The van der Waals surface area contributed by atoms with E-state index < -0.39 is 22.7 Å². The molecule has 130 valence electrons. The number of rotatable bonds is 6. The van der Waals surface area contributed by atoms with Crippen molar-refractivity contribution in [2.24, 2.45) is 0 Å². The van der Waals surface area contributed by atoms with Gasteiger partial charge in [-0.1, -0.05) is 53.4 Å². The van der Waals surface area contributed by atoms with Crippen molar-refractivity contribution in [2.75, 3.05) is 16.8 Å². The van der Waals surface area contributed by atoms with Crippen molar-refractivity contribution in [3.63, 3.8) is 0 Å². The molecule has 1 N–H and O–H groups in total. The summed E-state index contributed by atoms with van der Waals surface area (Å²) in [6.45, 7) is 1.99. The number of halogens is 4. The first-order valence-corrected chi connectivity index (χ1v) is 9.72. The lowest BCUT2D eigenvalue weighted by Crippen LogP contribution is -2.15. The number of carbonyl (C=O) groups is 1. The Balaban J connectivity index is 1.94. The third kappa shape index (κ3) is 5.54. The molecule has 24 heavy (non-hydrogen) atoms. The van der Waals surface area contributed by atoms with Gasteiger partial charge in [-0.05, 0) is 24.0 Å². The zero-order chi connectivity index (χ0) is 17.7. The van der Waals surface area contributed by atoms with E-state index in [0.29, 0.717) is 4.34 Å². The summed E-state index contributed by atoms with van der Waals surface area (Å²) in [5, 5.41) is 9.90. The van der Waals surface area contributed by atoms with Gasteiger partial charge in [-0.15, -0.1) is 10.2 Å².